The third-order valence-electron chi connectivity index (χ3n) is 2.92. The lowest BCUT2D eigenvalue weighted by Crippen LogP contribution is -2.06. The van der Waals surface area contributed by atoms with E-state index in [0.29, 0.717) is 6.04 Å². The molecule has 0 radical (unpaired) electrons. The molecule has 1 aromatic carbocycles. The molecule has 2 atom stereocenters. The molecule has 0 aromatic heterocycles. The number of nitrogens with two attached hydrogens (primary N) is 1. The number of rotatable bonds is 4. The molecule has 0 heterocycles. The van der Waals surface area contributed by atoms with E-state index >= 15 is 0 Å². The number of anilines is 2. The summed E-state index contributed by atoms with van der Waals surface area (Å²) in [5.74, 6) is 0.892. The minimum absolute atomic E-state index is 0.696. The Bertz CT molecular complexity index is 351. The zero-order valence-corrected chi connectivity index (χ0v) is 11.1. The van der Waals surface area contributed by atoms with E-state index in [1.807, 2.05) is 12.1 Å². The van der Waals surface area contributed by atoms with Crippen LogP contribution in [0, 0.1) is 9.49 Å². The normalized spacial score (nSPS) is 23.9. The van der Waals surface area contributed by atoms with Gasteiger partial charge in [-0.1, -0.05) is 13.3 Å². The molecule has 82 valence electrons. The van der Waals surface area contributed by atoms with Crippen LogP contribution in [0.4, 0.5) is 11.4 Å². The minimum atomic E-state index is 0.696. The highest BCUT2D eigenvalue weighted by atomic mass is 127. The zero-order chi connectivity index (χ0) is 10.8. The van der Waals surface area contributed by atoms with Crippen molar-refractivity contribution in [2.45, 2.75) is 32.2 Å². The fourth-order valence-electron chi connectivity index (χ4n) is 1.96. The van der Waals surface area contributed by atoms with Crippen LogP contribution in [0.5, 0.6) is 0 Å². The zero-order valence-electron chi connectivity index (χ0n) is 8.96. The van der Waals surface area contributed by atoms with Crippen molar-refractivity contribution >= 4 is 34.0 Å². The van der Waals surface area contributed by atoms with E-state index in [0.717, 1.165) is 11.6 Å². The van der Waals surface area contributed by atoms with Crippen LogP contribution in [0.3, 0.4) is 0 Å². The Hall–Kier alpha value is -0.450. The number of hydrogen-bond donors (Lipinski definition) is 2. The van der Waals surface area contributed by atoms with Gasteiger partial charge in [-0.3, -0.25) is 0 Å². The van der Waals surface area contributed by atoms with Crippen LogP contribution in [0.1, 0.15) is 26.2 Å². The molecule has 1 aliphatic rings. The summed E-state index contributed by atoms with van der Waals surface area (Å²) in [5.41, 5.74) is 7.79. The summed E-state index contributed by atoms with van der Waals surface area (Å²) in [5, 5.41) is 3.58. The van der Waals surface area contributed by atoms with Crippen molar-refractivity contribution in [1.82, 2.24) is 0 Å². The Morgan fingerprint density at radius 2 is 2.33 bits per heavy atom. The molecule has 1 aliphatic carbocycles. The molecule has 3 heteroatoms. The summed E-state index contributed by atoms with van der Waals surface area (Å²) in [7, 11) is 0. The van der Waals surface area contributed by atoms with Crippen molar-refractivity contribution in [3.63, 3.8) is 0 Å². The fraction of sp³-hybridized carbons (Fsp3) is 0.500. The van der Waals surface area contributed by atoms with E-state index in [-0.39, 0.29) is 0 Å². The van der Waals surface area contributed by atoms with Crippen molar-refractivity contribution < 1.29 is 0 Å². The van der Waals surface area contributed by atoms with Crippen molar-refractivity contribution in [1.29, 1.82) is 0 Å². The van der Waals surface area contributed by atoms with E-state index in [4.69, 9.17) is 5.73 Å². The average Bonchev–Trinajstić information content (AvgIpc) is 2.90. The lowest BCUT2D eigenvalue weighted by atomic mass is 10.2. The van der Waals surface area contributed by atoms with Gasteiger partial charge < -0.3 is 11.1 Å². The van der Waals surface area contributed by atoms with Crippen LogP contribution in [-0.4, -0.2) is 6.04 Å². The highest BCUT2D eigenvalue weighted by Crippen LogP contribution is 2.38. The molecule has 2 nitrogen and oxygen atoms in total. The first-order valence-corrected chi connectivity index (χ1v) is 6.60. The molecule has 1 fully saturated rings. The molecule has 0 saturated heterocycles. The van der Waals surface area contributed by atoms with Gasteiger partial charge in [0.25, 0.3) is 0 Å². The molecule has 0 aliphatic heterocycles. The van der Waals surface area contributed by atoms with E-state index < -0.39 is 0 Å². The third kappa shape index (κ3) is 2.77. The van der Waals surface area contributed by atoms with Crippen LogP contribution in [0.15, 0.2) is 18.2 Å². The predicted octanol–water partition coefficient (Wildman–Crippen LogP) is 3.47. The van der Waals surface area contributed by atoms with Gasteiger partial charge in [0.2, 0.25) is 0 Å². The van der Waals surface area contributed by atoms with Crippen LogP contribution in [-0.2, 0) is 0 Å². The summed E-state index contributed by atoms with van der Waals surface area (Å²) in [6.07, 6.45) is 3.97. The SMILES string of the molecule is CCCC1CC1Nc1ccc(N)cc1I. The number of hydrogen-bond acceptors (Lipinski definition) is 2. The maximum Gasteiger partial charge on any atom is 0.0479 e. The summed E-state index contributed by atoms with van der Waals surface area (Å²) < 4.78 is 1.22. The maximum absolute atomic E-state index is 5.72. The highest BCUT2D eigenvalue weighted by molar-refractivity contribution is 14.1. The van der Waals surface area contributed by atoms with E-state index in [9.17, 15) is 0 Å². The van der Waals surface area contributed by atoms with E-state index in [1.54, 1.807) is 0 Å². The predicted molar refractivity (Wildman–Crippen MR) is 74.0 cm³/mol. The second-order valence-corrected chi connectivity index (χ2v) is 5.44. The Balaban J connectivity index is 1.95. The highest BCUT2D eigenvalue weighted by Gasteiger charge is 2.35. The number of nitrogen functional groups attached to an aromatic ring is 1. The standard InChI is InChI=1S/C12H17IN2/c1-2-3-8-6-12(8)15-11-5-4-9(14)7-10(11)13/h4-5,7-8,12,15H,2-3,6,14H2,1H3. The molecular formula is C12H17IN2. The first-order valence-electron chi connectivity index (χ1n) is 5.52. The average molecular weight is 316 g/mol. The quantitative estimate of drug-likeness (QED) is 0.659. The molecule has 15 heavy (non-hydrogen) atoms. The third-order valence-corrected chi connectivity index (χ3v) is 3.81. The Morgan fingerprint density at radius 1 is 1.53 bits per heavy atom. The first kappa shape index (κ1) is 11.0. The van der Waals surface area contributed by atoms with Crippen molar-refractivity contribution in [3.8, 4) is 0 Å². The van der Waals surface area contributed by atoms with Crippen molar-refractivity contribution in [3.05, 3.63) is 21.8 Å². The fourth-order valence-corrected chi connectivity index (χ4v) is 2.66. The largest absolute Gasteiger partial charge is 0.399 e. The molecule has 0 bridgehead atoms. The summed E-state index contributed by atoms with van der Waals surface area (Å²) in [4.78, 5) is 0. The van der Waals surface area contributed by atoms with Crippen molar-refractivity contribution in [2.24, 2.45) is 5.92 Å². The molecule has 1 aromatic rings. The first-order chi connectivity index (χ1) is 7.20. The number of halogens is 1. The van der Waals surface area contributed by atoms with Gasteiger partial charge in [0.15, 0.2) is 0 Å². The topological polar surface area (TPSA) is 38.0 Å². The molecule has 0 amide bonds. The monoisotopic (exact) mass is 316 g/mol. The number of benzene rings is 1. The van der Waals surface area contributed by atoms with Gasteiger partial charge in [0, 0.05) is 21.0 Å². The molecule has 3 N–H and O–H groups in total. The smallest absolute Gasteiger partial charge is 0.0479 e. The van der Waals surface area contributed by atoms with Gasteiger partial charge in [0.1, 0.15) is 0 Å². The summed E-state index contributed by atoms with van der Waals surface area (Å²) in [6, 6.07) is 6.75. The van der Waals surface area contributed by atoms with Gasteiger partial charge in [-0.15, -0.1) is 0 Å². The van der Waals surface area contributed by atoms with Crippen LogP contribution < -0.4 is 11.1 Å². The van der Waals surface area contributed by atoms with Crippen molar-refractivity contribution in [2.75, 3.05) is 11.1 Å². The summed E-state index contributed by atoms with van der Waals surface area (Å²) >= 11 is 2.33. The van der Waals surface area contributed by atoms with Crippen LogP contribution in [0.25, 0.3) is 0 Å². The van der Waals surface area contributed by atoms with Crippen LogP contribution >= 0.6 is 22.6 Å². The molecule has 2 rings (SSSR count). The second kappa shape index (κ2) is 4.60. The van der Waals surface area contributed by atoms with E-state index in [1.165, 1.54) is 28.5 Å². The molecular weight excluding hydrogens is 299 g/mol. The van der Waals surface area contributed by atoms with Gasteiger partial charge >= 0.3 is 0 Å². The molecule has 2 unspecified atom stereocenters. The Morgan fingerprint density at radius 3 is 3.00 bits per heavy atom. The van der Waals surface area contributed by atoms with Crippen LogP contribution in [0.2, 0.25) is 0 Å². The lowest BCUT2D eigenvalue weighted by molar-refractivity contribution is 0.693. The second-order valence-electron chi connectivity index (χ2n) is 4.27. The lowest BCUT2D eigenvalue weighted by Gasteiger charge is -2.08. The minimum Gasteiger partial charge on any atom is -0.399 e. The molecule has 1 saturated carbocycles. The number of nitrogens with one attached hydrogen (secondary N) is 1. The van der Waals surface area contributed by atoms with Gasteiger partial charge in [-0.25, -0.2) is 0 Å². The Labute approximate surface area is 105 Å². The molecule has 0 spiro atoms. The maximum atomic E-state index is 5.72. The van der Waals surface area contributed by atoms with Gasteiger partial charge in [-0.05, 0) is 59.5 Å². The van der Waals surface area contributed by atoms with Gasteiger partial charge in [-0.2, -0.15) is 0 Å². The van der Waals surface area contributed by atoms with Gasteiger partial charge in [0.05, 0.1) is 0 Å². The summed E-state index contributed by atoms with van der Waals surface area (Å²) in [6.45, 7) is 2.25. The van der Waals surface area contributed by atoms with E-state index in [2.05, 4.69) is 40.9 Å². The Kier molecular flexibility index (Phi) is 3.38.